The van der Waals surface area contributed by atoms with Crippen molar-refractivity contribution < 1.29 is 9.53 Å². The number of carbonyl (C=O) groups is 1. The number of nitrogens with one attached hydrogen (secondary N) is 1. The third-order valence-electron chi connectivity index (χ3n) is 4.72. The number of rotatable bonds is 4. The summed E-state index contributed by atoms with van der Waals surface area (Å²) in [5.74, 6) is 0.834. The molecule has 1 atom stereocenters. The first kappa shape index (κ1) is 17.3. The molecule has 2 aromatic rings. The summed E-state index contributed by atoms with van der Waals surface area (Å²) in [6, 6.07) is 8.07. The summed E-state index contributed by atoms with van der Waals surface area (Å²) in [6.45, 7) is 3.58. The number of carbonyl (C=O) groups excluding carboxylic acids is 1. The fraction of sp³-hybridized carbons (Fsp3) is 0.474. The maximum atomic E-state index is 12.9. The highest BCUT2D eigenvalue weighted by Crippen LogP contribution is 2.31. The molecule has 0 aliphatic carbocycles. The predicted octanol–water partition coefficient (Wildman–Crippen LogP) is 4.06. The first-order chi connectivity index (χ1) is 12.2. The minimum atomic E-state index is -0.0571. The first-order valence-corrected chi connectivity index (χ1v) is 8.95. The summed E-state index contributed by atoms with van der Waals surface area (Å²) in [6.07, 6.45) is 7.86. The number of hydrogen-bond donors (Lipinski definition) is 1. The highest BCUT2D eigenvalue weighted by Gasteiger charge is 2.27. The topological polar surface area (TPSA) is 59.4 Å². The normalized spacial score (nSPS) is 17.8. The Labute approximate surface area is 148 Å². The minimum Gasteiger partial charge on any atom is -0.497 e. The molecule has 6 heteroatoms. The molecule has 1 aliphatic heterocycles. The molecule has 1 N–H and O–H groups in total. The van der Waals surface area contributed by atoms with Gasteiger partial charge in [-0.25, -0.2) is 4.79 Å². The summed E-state index contributed by atoms with van der Waals surface area (Å²) in [5, 5.41) is 7.21. The van der Waals surface area contributed by atoms with Crippen LogP contribution in [0.2, 0.25) is 0 Å². The second kappa shape index (κ2) is 8.05. The van der Waals surface area contributed by atoms with Crippen LogP contribution in [0, 0.1) is 0 Å². The number of methoxy groups -OCH3 is 1. The molecule has 1 saturated heterocycles. The molecule has 1 aliphatic rings. The Morgan fingerprint density at radius 2 is 2.08 bits per heavy atom. The molecule has 25 heavy (non-hydrogen) atoms. The van der Waals surface area contributed by atoms with Crippen LogP contribution in [0.5, 0.6) is 5.75 Å². The molecular weight excluding hydrogens is 316 g/mol. The number of amides is 2. The molecule has 134 valence electrons. The molecule has 1 unspecified atom stereocenters. The van der Waals surface area contributed by atoms with Crippen LogP contribution in [0.1, 0.15) is 44.2 Å². The third-order valence-corrected chi connectivity index (χ3v) is 4.72. The van der Waals surface area contributed by atoms with Gasteiger partial charge in [0.05, 0.1) is 25.0 Å². The molecule has 3 rings (SSSR count). The Kier molecular flexibility index (Phi) is 5.58. The van der Waals surface area contributed by atoms with E-state index in [1.165, 1.54) is 0 Å². The molecule has 1 aromatic heterocycles. The van der Waals surface area contributed by atoms with E-state index in [1.54, 1.807) is 18.0 Å². The maximum absolute atomic E-state index is 12.9. The molecule has 1 aromatic carbocycles. The third kappa shape index (κ3) is 4.13. The number of ether oxygens (including phenoxy) is 1. The van der Waals surface area contributed by atoms with Crippen LogP contribution in [0.4, 0.5) is 10.5 Å². The van der Waals surface area contributed by atoms with Crippen LogP contribution in [0.15, 0.2) is 36.7 Å². The van der Waals surface area contributed by atoms with Gasteiger partial charge in [-0.3, -0.25) is 4.68 Å². The van der Waals surface area contributed by atoms with Gasteiger partial charge in [-0.05, 0) is 37.5 Å². The highest BCUT2D eigenvalue weighted by molar-refractivity contribution is 5.89. The average Bonchev–Trinajstić information content (AvgIpc) is 2.95. The summed E-state index contributed by atoms with van der Waals surface area (Å²) in [7, 11) is 1.66. The zero-order chi connectivity index (χ0) is 17.6. The SMILES string of the molecule is CCn1cc(NC(=O)N2CCCCCC2c2ccc(OC)cc2)cn1. The van der Waals surface area contributed by atoms with Crippen molar-refractivity contribution in [3.8, 4) is 5.75 Å². The molecule has 1 fully saturated rings. The summed E-state index contributed by atoms with van der Waals surface area (Å²) < 4.78 is 7.05. The predicted molar refractivity (Wildman–Crippen MR) is 97.8 cm³/mol. The molecule has 6 nitrogen and oxygen atoms in total. The van der Waals surface area contributed by atoms with E-state index in [2.05, 4.69) is 22.5 Å². The standard InChI is InChI=1S/C19H26N4O2/c1-3-22-14-16(13-20-22)21-19(24)23-12-6-4-5-7-18(23)15-8-10-17(25-2)11-9-15/h8-11,13-14,18H,3-7,12H2,1-2H3,(H,21,24). The van der Waals surface area contributed by atoms with Crippen LogP contribution < -0.4 is 10.1 Å². The van der Waals surface area contributed by atoms with E-state index in [9.17, 15) is 4.79 Å². The van der Waals surface area contributed by atoms with Crippen LogP contribution in [-0.2, 0) is 6.54 Å². The molecule has 2 heterocycles. The van der Waals surface area contributed by atoms with Gasteiger partial charge >= 0.3 is 6.03 Å². The molecule has 0 bridgehead atoms. The van der Waals surface area contributed by atoms with Crippen LogP contribution in [0.3, 0.4) is 0 Å². The second-order valence-corrected chi connectivity index (χ2v) is 6.35. The van der Waals surface area contributed by atoms with E-state index in [-0.39, 0.29) is 12.1 Å². The van der Waals surface area contributed by atoms with Crippen LogP contribution in [-0.4, -0.2) is 34.4 Å². The van der Waals surface area contributed by atoms with E-state index in [1.807, 2.05) is 30.2 Å². The van der Waals surface area contributed by atoms with E-state index < -0.39 is 0 Å². The Hall–Kier alpha value is -2.50. The number of aromatic nitrogens is 2. The van der Waals surface area contributed by atoms with Gasteiger partial charge < -0.3 is 15.0 Å². The van der Waals surface area contributed by atoms with E-state index in [0.29, 0.717) is 0 Å². The monoisotopic (exact) mass is 342 g/mol. The smallest absolute Gasteiger partial charge is 0.322 e. The van der Waals surface area contributed by atoms with Crippen molar-refractivity contribution in [2.24, 2.45) is 0 Å². The maximum Gasteiger partial charge on any atom is 0.322 e. The molecule has 0 spiro atoms. The molecule has 0 radical (unpaired) electrons. The van der Waals surface area contributed by atoms with Crippen molar-refractivity contribution >= 4 is 11.7 Å². The van der Waals surface area contributed by atoms with Gasteiger partial charge in [-0.1, -0.05) is 25.0 Å². The van der Waals surface area contributed by atoms with Crippen molar-refractivity contribution in [3.05, 3.63) is 42.2 Å². The largest absolute Gasteiger partial charge is 0.497 e. The lowest BCUT2D eigenvalue weighted by Gasteiger charge is -2.30. The fourth-order valence-electron chi connectivity index (χ4n) is 3.32. The zero-order valence-corrected chi connectivity index (χ0v) is 14.9. The number of hydrogen-bond acceptors (Lipinski definition) is 3. The van der Waals surface area contributed by atoms with Gasteiger partial charge in [-0.2, -0.15) is 5.10 Å². The average molecular weight is 342 g/mol. The summed E-state index contributed by atoms with van der Waals surface area (Å²) in [4.78, 5) is 14.8. The van der Waals surface area contributed by atoms with Gasteiger partial charge in [0.15, 0.2) is 0 Å². The van der Waals surface area contributed by atoms with Crippen molar-refractivity contribution in [2.45, 2.75) is 45.2 Å². The van der Waals surface area contributed by atoms with Crippen molar-refractivity contribution in [2.75, 3.05) is 19.0 Å². The van der Waals surface area contributed by atoms with Gasteiger partial charge in [0, 0.05) is 19.3 Å². The number of anilines is 1. The first-order valence-electron chi connectivity index (χ1n) is 8.95. The van der Waals surface area contributed by atoms with Gasteiger partial charge in [0.1, 0.15) is 5.75 Å². The summed E-state index contributed by atoms with van der Waals surface area (Å²) in [5.41, 5.74) is 1.90. The number of nitrogens with zero attached hydrogens (tertiary/aromatic N) is 3. The lowest BCUT2D eigenvalue weighted by atomic mass is 10.0. The van der Waals surface area contributed by atoms with Gasteiger partial charge in [-0.15, -0.1) is 0 Å². The van der Waals surface area contributed by atoms with Crippen molar-refractivity contribution in [3.63, 3.8) is 0 Å². The summed E-state index contributed by atoms with van der Waals surface area (Å²) >= 11 is 0. The van der Waals surface area contributed by atoms with E-state index >= 15 is 0 Å². The Bertz CT molecular complexity index is 696. The van der Waals surface area contributed by atoms with Crippen LogP contribution >= 0.6 is 0 Å². The number of benzene rings is 1. The number of likely N-dealkylation sites (tertiary alicyclic amines) is 1. The molecule has 2 amide bonds. The lowest BCUT2D eigenvalue weighted by molar-refractivity contribution is 0.189. The van der Waals surface area contributed by atoms with E-state index in [0.717, 1.165) is 55.8 Å². The van der Waals surface area contributed by atoms with Gasteiger partial charge in [0.25, 0.3) is 0 Å². The Morgan fingerprint density at radius 1 is 1.28 bits per heavy atom. The number of urea groups is 1. The Morgan fingerprint density at radius 3 is 2.76 bits per heavy atom. The van der Waals surface area contributed by atoms with Crippen LogP contribution in [0.25, 0.3) is 0 Å². The minimum absolute atomic E-state index is 0.0571. The van der Waals surface area contributed by atoms with Gasteiger partial charge in [0.2, 0.25) is 0 Å². The van der Waals surface area contributed by atoms with Crippen molar-refractivity contribution in [1.29, 1.82) is 0 Å². The zero-order valence-electron chi connectivity index (χ0n) is 14.9. The van der Waals surface area contributed by atoms with Crippen molar-refractivity contribution in [1.82, 2.24) is 14.7 Å². The highest BCUT2D eigenvalue weighted by atomic mass is 16.5. The lowest BCUT2D eigenvalue weighted by Crippen LogP contribution is -2.38. The quantitative estimate of drug-likeness (QED) is 0.911. The molecule has 0 saturated carbocycles. The number of aryl methyl sites for hydroxylation is 1. The van der Waals surface area contributed by atoms with E-state index in [4.69, 9.17) is 4.74 Å². The fourth-order valence-corrected chi connectivity index (χ4v) is 3.32. The molecular formula is C19H26N4O2. The Balaban J connectivity index is 1.77. The second-order valence-electron chi connectivity index (χ2n) is 6.35.